The van der Waals surface area contributed by atoms with Crippen LogP contribution in [0.1, 0.15) is 32.6 Å². The van der Waals surface area contributed by atoms with Crippen molar-refractivity contribution in [3.63, 3.8) is 0 Å². The van der Waals surface area contributed by atoms with E-state index in [0.29, 0.717) is 31.6 Å². The Kier molecular flexibility index (Phi) is 2.68. The van der Waals surface area contributed by atoms with E-state index in [1.165, 1.54) is 0 Å². The van der Waals surface area contributed by atoms with E-state index in [4.69, 9.17) is 14.2 Å². The van der Waals surface area contributed by atoms with Gasteiger partial charge >= 0.3 is 5.97 Å². The van der Waals surface area contributed by atoms with Crippen LogP contribution in [0.3, 0.4) is 0 Å². The number of hydrogen-bond acceptors (Lipinski definition) is 6. The summed E-state index contributed by atoms with van der Waals surface area (Å²) in [6.07, 6.45) is 1.18. The third-order valence-electron chi connectivity index (χ3n) is 8.65. The molecular weight excluding hydrogens is 336 g/mol. The molecule has 0 amide bonds. The molecule has 6 unspecified atom stereocenters. The predicted molar refractivity (Wildman–Crippen MR) is 87.6 cm³/mol. The largest absolute Gasteiger partial charge is 0.461 e. The van der Waals surface area contributed by atoms with Gasteiger partial charge in [-0.15, -0.1) is 0 Å². The zero-order valence-electron chi connectivity index (χ0n) is 14.9. The van der Waals surface area contributed by atoms with Gasteiger partial charge in [0.2, 0.25) is 0 Å². The Morgan fingerprint density at radius 1 is 1.19 bits per heavy atom. The number of esters is 1. The number of ether oxygens (including phenoxy) is 3. The van der Waals surface area contributed by atoms with Crippen LogP contribution in [-0.4, -0.2) is 48.6 Å². The van der Waals surface area contributed by atoms with Crippen molar-refractivity contribution in [2.75, 3.05) is 13.2 Å². The Morgan fingerprint density at radius 2 is 1.96 bits per heavy atom. The van der Waals surface area contributed by atoms with Crippen molar-refractivity contribution in [3.8, 4) is 0 Å². The Bertz CT molecular complexity index is 761. The number of allylic oxidation sites excluding steroid dienone is 1. The molecule has 26 heavy (non-hydrogen) atoms. The fourth-order valence-corrected chi connectivity index (χ4v) is 7.73. The summed E-state index contributed by atoms with van der Waals surface area (Å²) < 4.78 is 18.0. The maximum atomic E-state index is 13.2. The van der Waals surface area contributed by atoms with E-state index < -0.39 is 28.8 Å². The summed E-state index contributed by atoms with van der Waals surface area (Å²) in [7, 11) is 0. The standard InChI is InChI=1S/C20H24O6/c1-9-10-5-11(21)13-19(6-10,15(9)22)17(23)26-12-3-4-18(2)7-24-16-14(18)20(12,13)8-25-16/h10-14,16,21H,1,3-8H2,2H3/t10?,11?,12?,13?,14?,16?,18-,19-,20-/m0/s1. The number of carbonyl (C=O) groups excluding carboxylic acids is 2. The lowest BCUT2D eigenvalue weighted by atomic mass is 9.44. The molecule has 6 aliphatic rings. The molecule has 6 rings (SSSR count). The number of rotatable bonds is 0. The van der Waals surface area contributed by atoms with Crippen LogP contribution in [-0.2, 0) is 23.8 Å². The number of aliphatic hydroxyl groups is 1. The molecule has 0 aromatic heterocycles. The zero-order chi connectivity index (χ0) is 18.1. The summed E-state index contributed by atoms with van der Waals surface area (Å²) in [5, 5.41) is 11.2. The van der Waals surface area contributed by atoms with Crippen LogP contribution in [0.15, 0.2) is 12.2 Å². The highest BCUT2D eigenvalue weighted by molar-refractivity contribution is 6.15. The molecule has 0 aromatic carbocycles. The molecule has 6 heteroatoms. The van der Waals surface area contributed by atoms with Gasteiger partial charge in [-0.3, -0.25) is 9.59 Å². The van der Waals surface area contributed by atoms with Gasteiger partial charge in [-0.2, -0.15) is 0 Å². The number of hydrogen-bond donors (Lipinski definition) is 1. The molecule has 0 radical (unpaired) electrons. The van der Waals surface area contributed by atoms with Crippen molar-refractivity contribution in [1.29, 1.82) is 0 Å². The van der Waals surface area contributed by atoms with Gasteiger partial charge in [0.05, 0.1) is 19.3 Å². The summed E-state index contributed by atoms with van der Waals surface area (Å²) in [5.41, 5.74) is -1.42. The van der Waals surface area contributed by atoms with Gasteiger partial charge in [0, 0.05) is 17.3 Å². The molecule has 3 aliphatic heterocycles. The molecule has 2 spiro atoms. The van der Waals surface area contributed by atoms with E-state index in [9.17, 15) is 14.7 Å². The zero-order valence-corrected chi connectivity index (χ0v) is 14.9. The maximum Gasteiger partial charge on any atom is 0.320 e. The van der Waals surface area contributed by atoms with E-state index in [1.807, 2.05) is 0 Å². The first-order valence-electron chi connectivity index (χ1n) is 9.70. The van der Waals surface area contributed by atoms with Gasteiger partial charge in [0.15, 0.2) is 12.1 Å². The number of carbonyl (C=O) groups is 2. The molecule has 140 valence electrons. The summed E-state index contributed by atoms with van der Waals surface area (Å²) in [6, 6.07) is 0. The second-order valence-electron chi connectivity index (χ2n) is 9.67. The Morgan fingerprint density at radius 3 is 2.77 bits per heavy atom. The van der Waals surface area contributed by atoms with Crippen LogP contribution >= 0.6 is 0 Å². The second kappa shape index (κ2) is 4.42. The van der Waals surface area contributed by atoms with Crippen LogP contribution in [0.4, 0.5) is 0 Å². The van der Waals surface area contributed by atoms with Gasteiger partial charge in [0.1, 0.15) is 11.5 Å². The molecule has 9 atom stereocenters. The van der Waals surface area contributed by atoms with Crippen LogP contribution in [0.5, 0.6) is 0 Å². The van der Waals surface area contributed by atoms with Crippen molar-refractivity contribution < 1.29 is 28.9 Å². The third kappa shape index (κ3) is 1.40. The Labute approximate surface area is 151 Å². The normalized spacial score (nSPS) is 59.7. The van der Waals surface area contributed by atoms with E-state index >= 15 is 0 Å². The minimum atomic E-state index is -1.28. The molecule has 6 fully saturated rings. The number of aliphatic hydroxyl groups excluding tert-OH is 1. The quantitative estimate of drug-likeness (QED) is 0.397. The predicted octanol–water partition coefficient (Wildman–Crippen LogP) is 1.21. The molecule has 6 nitrogen and oxygen atoms in total. The summed E-state index contributed by atoms with van der Waals surface area (Å²) in [5.74, 6) is -1.22. The lowest BCUT2D eigenvalue weighted by molar-refractivity contribution is -0.246. The average Bonchev–Trinajstić information content (AvgIpc) is 3.22. The highest BCUT2D eigenvalue weighted by Crippen LogP contribution is 2.72. The highest BCUT2D eigenvalue weighted by Gasteiger charge is 2.80. The fourth-order valence-electron chi connectivity index (χ4n) is 7.73. The molecule has 3 saturated heterocycles. The number of fused-ring (bicyclic) bond motifs is 1. The van der Waals surface area contributed by atoms with Crippen molar-refractivity contribution in [1.82, 2.24) is 0 Å². The first-order valence-corrected chi connectivity index (χ1v) is 9.70. The van der Waals surface area contributed by atoms with Crippen molar-refractivity contribution in [2.45, 2.75) is 51.1 Å². The first-order chi connectivity index (χ1) is 12.3. The van der Waals surface area contributed by atoms with Crippen molar-refractivity contribution in [3.05, 3.63) is 12.2 Å². The van der Waals surface area contributed by atoms with E-state index in [1.54, 1.807) is 0 Å². The summed E-state index contributed by atoms with van der Waals surface area (Å²) >= 11 is 0. The van der Waals surface area contributed by atoms with Crippen LogP contribution in [0, 0.1) is 34.0 Å². The van der Waals surface area contributed by atoms with Gasteiger partial charge in [-0.05, 0) is 42.6 Å². The smallest absolute Gasteiger partial charge is 0.320 e. The molecular formula is C20H24O6. The highest BCUT2D eigenvalue weighted by atomic mass is 16.7. The lowest BCUT2D eigenvalue weighted by Gasteiger charge is -2.61. The second-order valence-corrected chi connectivity index (χ2v) is 9.67. The Balaban J connectivity index is 1.59. The number of ketones is 1. The lowest BCUT2D eigenvalue weighted by Crippen LogP contribution is -2.70. The molecule has 1 N–H and O–H groups in total. The molecule has 0 aromatic rings. The van der Waals surface area contributed by atoms with Crippen LogP contribution < -0.4 is 0 Å². The maximum absolute atomic E-state index is 13.2. The van der Waals surface area contributed by atoms with E-state index in [2.05, 4.69) is 13.5 Å². The van der Waals surface area contributed by atoms with Gasteiger partial charge in [-0.25, -0.2) is 0 Å². The average molecular weight is 360 g/mol. The Hall–Kier alpha value is -1.24. The van der Waals surface area contributed by atoms with E-state index in [0.717, 1.165) is 12.8 Å². The molecule has 3 saturated carbocycles. The SMILES string of the molecule is C=C1C(=O)[C@]23CC1CC(O)C2[C@]12COC4OC[C@](C)(CCC1OC3=O)C42. The monoisotopic (exact) mass is 360 g/mol. The van der Waals surface area contributed by atoms with Crippen LogP contribution in [0.2, 0.25) is 0 Å². The molecule has 3 aliphatic carbocycles. The summed E-state index contributed by atoms with van der Waals surface area (Å²) in [4.78, 5) is 26.4. The summed E-state index contributed by atoms with van der Waals surface area (Å²) in [6.45, 7) is 7.15. The molecule has 3 heterocycles. The van der Waals surface area contributed by atoms with Crippen molar-refractivity contribution >= 4 is 11.8 Å². The third-order valence-corrected chi connectivity index (χ3v) is 8.65. The minimum absolute atomic E-state index is 0.0385. The van der Waals surface area contributed by atoms with Crippen molar-refractivity contribution in [2.24, 2.45) is 34.0 Å². The van der Waals surface area contributed by atoms with Gasteiger partial charge in [0.25, 0.3) is 0 Å². The minimum Gasteiger partial charge on any atom is -0.461 e. The first kappa shape index (κ1) is 15.8. The number of Topliss-reactive ketones (excluding diaryl/α,β-unsaturated/α-hetero) is 1. The topological polar surface area (TPSA) is 82.1 Å². The van der Waals surface area contributed by atoms with E-state index in [-0.39, 0.29) is 35.4 Å². The van der Waals surface area contributed by atoms with Crippen LogP contribution in [0.25, 0.3) is 0 Å². The fraction of sp³-hybridized carbons (Fsp3) is 0.800. The molecule has 2 bridgehead atoms. The van der Waals surface area contributed by atoms with Gasteiger partial charge in [-0.1, -0.05) is 13.5 Å². The van der Waals surface area contributed by atoms with Gasteiger partial charge < -0.3 is 19.3 Å².